The van der Waals surface area contributed by atoms with Gasteiger partial charge in [0.15, 0.2) is 0 Å². The van der Waals surface area contributed by atoms with Gasteiger partial charge in [-0.05, 0) is 48.5 Å². The van der Waals surface area contributed by atoms with E-state index >= 15 is 0 Å². The average Bonchev–Trinajstić information content (AvgIpc) is 2.68. The molecule has 1 heterocycles. The second-order valence-electron chi connectivity index (χ2n) is 5.55. The number of amides is 1. The minimum Gasteiger partial charge on any atom is -0.497 e. The summed E-state index contributed by atoms with van der Waals surface area (Å²) in [7, 11) is 1.55. The van der Waals surface area contributed by atoms with Gasteiger partial charge in [-0.1, -0.05) is 0 Å². The van der Waals surface area contributed by atoms with E-state index in [-0.39, 0.29) is 17.2 Å². The molecule has 0 bridgehead atoms. The fraction of sp³-hybridized carbons (Fsp3) is 0.0526. The van der Waals surface area contributed by atoms with Crippen LogP contribution in [0.1, 0.15) is 15.9 Å². The number of nitriles is 1. The van der Waals surface area contributed by atoms with Crippen LogP contribution in [0.4, 0.5) is 11.6 Å². The monoisotopic (exact) mass is 361 g/mol. The molecule has 8 heteroatoms. The highest BCUT2D eigenvalue weighted by Gasteiger charge is 2.14. The van der Waals surface area contributed by atoms with Gasteiger partial charge in [-0.25, -0.2) is 4.98 Å². The molecule has 0 aliphatic heterocycles. The third kappa shape index (κ3) is 3.77. The van der Waals surface area contributed by atoms with E-state index in [9.17, 15) is 14.9 Å². The van der Waals surface area contributed by atoms with E-state index in [4.69, 9.17) is 10.5 Å². The number of aromatic nitrogens is 2. The standard InChI is InChI=1S/C19H15N5O3/c1-27-14-8-4-11(5-9-14)16-15(10-20)18(26)24-19(23-16)22-13-6-2-12(3-7-13)17(21)25/h2-9H,1H3,(H2,21,25)(H2,22,23,24,26). The van der Waals surface area contributed by atoms with Crippen LogP contribution in [0.25, 0.3) is 11.3 Å². The van der Waals surface area contributed by atoms with E-state index in [0.29, 0.717) is 22.6 Å². The second-order valence-corrected chi connectivity index (χ2v) is 5.55. The molecule has 2 aromatic carbocycles. The lowest BCUT2D eigenvalue weighted by atomic mass is 10.1. The summed E-state index contributed by atoms with van der Waals surface area (Å²) in [6, 6.07) is 15.1. The van der Waals surface area contributed by atoms with Crippen LogP contribution in [0.5, 0.6) is 5.75 Å². The number of carbonyl (C=O) groups excluding carboxylic acids is 1. The van der Waals surface area contributed by atoms with Crippen molar-refractivity contribution >= 4 is 17.5 Å². The fourth-order valence-electron chi connectivity index (χ4n) is 2.45. The predicted molar refractivity (Wildman–Crippen MR) is 99.8 cm³/mol. The van der Waals surface area contributed by atoms with Gasteiger partial charge in [0.2, 0.25) is 11.9 Å². The molecule has 0 unspecified atom stereocenters. The van der Waals surface area contributed by atoms with Gasteiger partial charge in [0.05, 0.1) is 12.8 Å². The van der Waals surface area contributed by atoms with Crippen molar-refractivity contribution in [1.82, 2.24) is 9.97 Å². The van der Waals surface area contributed by atoms with Crippen molar-refractivity contribution < 1.29 is 9.53 Å². The maximum atomic E-state index is 12.3. The molecule has 1 aromatic heterocycles. The number of anilines is 2. The van der Waals surface area contributed by atoms with Gasteiger partial charge in [0.1, 0.15) is 17.4 Å². The molecule has 4 N–H and O–H groups in total. The lowest BCUT2D eigenvalue weighted by molar-refractivity contribution is 0.100. The molecule has 0 aliphatic carbocycles. The average molecular weight is 361 g/mol. The van der Waals surface area contributed by atoms with Crippen LogP contribution in [0.3, 0.4) is 0 Å². The highest BCUT2D eigenvalue weighted by molar-refractivity contribution is 5.93. The first-order valence-corrected chi connectivity index (χ1v) is 7.87. The van der Waals surface area contributed by atoms with E-state index in [1.54, 1.807) is 55.6 Å². The van der Waals surface area contributed by atoms with E-state index < -0.39 is 11.5 Å². The van der Waals surface area contributed by atoms with Crippen molar-refractivity contribution in [3.63, 3.8) is 0 Å². The number of nitrogens with zero attached hydrogens (tertiary/aromatic N) is 2. The summed E-state index contributed by atoms with van der Waals surface area (Å²) in [6.45, 7) is 0. The van der Waals surface area contributed by atoms with E-state index in [1.165, 1.54) is 0 Å². The number of nitrogens with two attached hydrogens (primary N) is 1. The maximum Gasteiger partial charge on any atom is 0.270 e. The minimum atomic E-state index is -0.561. The summed E-state index contributed by atoms with van der Waals surface area (Å²) >= 11 is 0. The Bertz CT molecular complexity index is 1080. The number of rotatable bonds is 5. The van der Waals surface area contributed by atoms with Gasteiger partial charge in [-0.3, -0.25) is 14.6 Å². The predicted octanol–water partition coefficient (Wildman–Crippen LogP) is 2.16. The van der Waals surface area contributed by atoms with Gasteiger partial charge in [-0.15, -0.1) is 0 Å². The number of aromatic amines is 1. The number of hydrogen-bond acceptors (Lipinski definition) is 6. The van der Waals surface area contributed by atoms with Crippen LogP contribution in [-0.2, 0) is 0 Å². The molecule has 3 aromatic rings. The Morgan fingerprint density at radius 3 is 2.41 bits per heavy atom. The minimum absolute atomic E-state index is 0.0882. The summed E-state index contributed by atoms with van der Waals surface area (Å²) in [5.74, 6) is 0.278. The third-order valence-corrected chi connectivity index (χ3v) is 3.83. The van der Waals surface area contributed by atoms with Crippen LogP contribution >= 0.6 is 0 Å². The van der Waals surface area contributed by atoms with Crippen molar-refractivity contribution in [3.05, 3.63) is 70.0 Å². The molecular weight excluding hydrogens is 346 g/mol. The number of primary amides is 1. The number of ether oxygens (including phenoxy) is 1. The van der Waals surface area contributed by atoms with Crippen molar-refractivity contribution in [2.75, 3.05) is 12.4 Å². The second kappa shape index (κ2) is 7.41. The van der Waals surface area contributed by atoms with E-state index in [1.807, 2.05) is 6.07 Å². The van der Waals surface area contributed by atoms with Gasteiger partial charge in [0, 0.05) is 16.8 Å². The summed E-state index contributed by atoms with van der Waals surface area (Å²) < 4.78 is 5.12. The smallest absolute Gasteiger partial charge is 0.270 e. The van der Waals surface area contributed by atoms with Crippen molar-refractivity contribution in [3.8, 4) is 23.1 Å². The molecule has 0 atom stereocenters. The zero-order chi connectivity index (χ0) is 19.4. The van der Waals surface area contributed by atoms with E-state index in [2.05, 4.69) is 15.3 Å². The van der Waals surface area contributed by atoms with Crippen molar-refractivity contribution in [1.29, 1.82) is 5.26 Å². The highest BCUT2D eigenvalue weighted by Crippen LogP contribution is 2.23. The van der Waals surface area contributed by atoms with Crippen LogP contribution in [-0.4, -0.2) is 23.0 Å². The lowest BCUT2D eigenvalue weighted by Crippen LogP contribution is -2.16. The molecular formula is C19H15N5O3. The van der Waals surface area contributed by atoms with Crippen molar-refractivity contribution in [2.45, 2.75) is 0 Å². The molecule has 1 amide bonds. The number of nitrogens with one attached hydrogen (secondary N) is 2. The lowest BCUT2D eigenvalue weighted by Gasteiger charge is -2.09. The third-order valence-electron chi connectivity index (χ3n) is 3.83. The Hall–Kier alpha value is -4.12. The van der Waals surface area contributed by atoms with Gasteiger partial charge < -0.3 is 15.8 Å². The summed E-state index contributed by atoms with van der Waals surface area (Å²) in [4.78, 5) is 30.3. The van der Waals surface area contributed by atoms with Gasteiger partial charge >= 0.3 is 0 Å². The highest BCUT2D eigenvalue weighted by atomic mass is 16.5. The number of benzene rings is 2. The first kappa shape index (κ1) is 17.7. The Kier molecular flexibility index (Phi) is 4.86. The van der Waals surface area contributed by atoms with Crippen LogP contribution < -0.4 is 21.3 Å². The summed E-state index contributed by atoms with van der Waals surface area (Å²) in [5, 5.41) is 12.3. The molecule has 27 heavy (non-hydrogen) atoms. The first-order chi connectivity index (χ1) is 13.0. The Morgan fingerprint density at radius 1 is 1.19 bits per heavy atom. The topological polar surface area (TPSA) is 134 Å². The molecule has 3 rings (SSSR count). The normalized spacial score (nSPS) is 10.1. The molecule has 0 saturated carbocycles. The molecule has 0 spiro atoms. The molecule has 0 radical (unpaired) electrons. The van der Waals surface area contributed by atoms with Gasteiger partial charge in [0.25, 0.3) is 5.56 Å². The maximum absolute atomic E-state index is 12.3. The van der Waals surface area contributed by atoms with Crippen LogP contribution in [0.15, 0.2) is 53.3 Å². The Morgan fingerprint density at radius 2 is 1.85 bits per heavy atom. The summed E-state index contributed by atoms with van der Waals surface area (Å²) in [5.41, 5.74) is 6.37. The summed E-state index contributed by atoms with van der Waals surface area (Å²) in [6.07, 6.45) is 0. The molecule has 0 fully saturated rings. The number of H-pyrrole nitrogens is 1. The SMILES string of the molecule is COc1ccc(-c2nc(Nc3ccc(C(N)=O)cc3)[nH]c(=O)c2C#N)cc1. The first-order valence-electron chi connectivity index (χ1n) is 7.87. The largest absolute Gasteiger partial charge is 0.497 e. The Balaban J connectivity index is 1.99. The fourth-order valence-corrected chi connectivity index (χ4v) is 2.45. The van der Waals surface area contributed by atoms with Crippen molar-refractivity contribution in [2.24, 2.45) is 5.73 Å². The molecule has 0 aliphatic rings. The van der Waals surface area contributed by atoms with Crippen LogP contribution in [0, 0.1) is 11.3 Å². The molecule has 8 nitrogen and oxygen atoms in total. The van der Waals surface area contributed by atoms with E-state index in [0.717, 1.165) is 0 Å². The molecule has 0 saturated heterocycles. The molecule has 134 valence electrons. The Labute approximate surface area is 154 Å². The van der Waals surface area contributed by atoms with Crippen LogP contribution in [0.2, 0.25) is 0 Å². The quantitative estimate of drug-likeness (QED) is 0.637. The zero-order valence-corrected chi connectivity index (χ0v) is 14.3. The van der Waals surface area contributed by atoms with Gasteiger partial charge in [-0.2, -0.15) is 5.26 Å². The number of carbonyl (C=O) groups is 1. The zero-order valence-electron chi connectivity index (χ0n) is 14.3. The number of hydrogen-bond donors (Lipinski definition) is 3. The number of methoxy groups -OCH3 is 1.